The quantitative estimate of drug-likeness (QED) is 0.128. The van der Waals surface area contributed by atoms with Gasteiger partial charge in [-0.25, -0.2) is 4.98 Å². The van der Waals surface area contributed by atoms with Gasteiger partial charge in [0.1, 0.15) is 5.82 Å². The maximum Gasteiger partial charge on any atom is 0.135 e. The summed E-state index contributed by atoms with van der Waals surface area (Å²) < 4.78 is 11.7. The van der Waals surface area contributed by atoms with Crippen LogP contribution in [0.2, 0.25) is 0 Å². The summed E-state index contributed by atoms with van der Waals surface area (Å²) in [5, 5.41) is 4.55. The van der Waals surface area contributed by atoms with E-state index in [1.807, 2.05) is 18.3 Å². The van der Waals surface area contributed by atoms with E-state index in [0.717, 1.165) is 89.3 Å². The number of aromatic nitrogens is 3. The van der Waals surface area contributed by atoms with Crippen LogP contribution in [0, 0.1) is 18.8 Å². The largest absolute Gasteiger partial charge is 0.509 e. The van der Waals surface area contributed by atoms with Crippen LogP contribution in [0.25, 0.3) is 88.5 Å². The van der Waals surface area contributed by atoms with Crippen LogP contribution >= 0.6 is 0 Å². The molecule has 0 saturated heterocycles. The van der Waals surface area contributed by atoms with Crippen molar-refractivity contribution in [2.75, 3.05) is 9.80 Å². The number of ether oxygens (including phenoxy) is 1. The Kier molecular flexibility index (Phi) is 13.2. The summed E-state index contributed by atoms with van der Waals surface area (Å²) in [5.74, 6) is 1.94. The molecule has 0 fully saturated rings. The predicted molar refractivity (Wildman–Crippen MR) is 365 cm³/mol. The molecular weight excluding hydrogens is 1280 g/mol. The summed E-state index contributed by atoms with van der Waals surface area (Å²) in [5.41, 5.74) is 21.5. The van der Waals surface area contributed by atoms with Crippen molar-refractivity contribution in [1.82, 2.24) is 14.1 Å². The average Bonchev–Trinajstić information content (AvgIpc) is 1.52. The van der Waals surface area contributed by atoms with Gasteiger partial charge in [-0.05, 0) is 115 Å². The minimum Gasteiger partial charge on any atom is -0.509 e. The molecule has 1 aliphatic heterocycles. The summed E-state index contributed by atoms with van der Waals surface area (Å²) >= 11 is 0. The fraction of sp³-hybridized carbons (Fsp3) is 0.0602. The van der Waals surface area contributed by atoms with Crippen LogP contribution in [0.1, 0.15) is 48.6 Å². The molecule has 2 aliphatic rings. The van der Waals surface area contributed by atoms with Crippen LogP contribution in [-0.2, 0) is 31.9 Å². The van der Waals surface area contributed by atoms with Crippen molar-refractivity contribution < 1.29 is 25.8 Å². The number of para-hydroxylation sites is 5. The van der Waals surface area contributed by atoms with Gasteiger partial charge in [0.25, 0.3) is 0 Å². The third kappa shape index (κ3) is 8.61. The molecule has 0 radical (unpaired) electrons. The molecule has 1 aliphatic carbocycles. The van der Waals surface area contributed by atoms with E-state index in [9.17, 15) is 0 Å². The number of fused-ring (bicyclic) bond motifs is 10. The van der Waals surface area contributed by atoms with Gasteiger partial charge in [0.2, 0.25) is 0 Å². The third-order valence-electron chi connectivity index (χ3n) is 18.3. The Morgan fingerprint density at radius 1 is 0.422 bits per heavy atom. The molecule has 0 spiro atoms. The smallest absolute Gasteiger partial charge is 0.135 e. The summed E-state index contributed by atoms with van der Waals surface area (Å²) in [4.78, 5) is 9.75. The van der Waals surface area contributed by atoms with Crippen molar-refractivity contribution in [2.45, 2.75) is 31.6 Å². The minimum atomic E-state index is -0.628. The van der Waals surface area contributed by atoms with Crippen LogP contribution < -0.4 is 14.5 Å². The Hall–Kier alpha value is -10.5. The molecule has 7 heteroatoms. The van der Waals surface area contributed by atoms with E-state index in [2.05, 4.69) is 331 Å². The summed E-state index contributed by atoms with van der Waals surface area (Å²) in [6.45, 7) is 8.97. The first-order valence-electron chi connectivity index (χ1n) is 30.5. The maximum atomic E-state index is 6.98. The Bertz CT molecular complexity index is 5120. The summed E-state index contributed by atoms with van der Waals surface area (Å²) in [6, 6.07) is 111. The molecule has 17 rings (SSSR count). The van der Waals surface area contributed by atoms with E-state index in [4.69, 9.17) is 9.72 Å². The number of pyridine rings is 1. The normalized spacial score (nSPS) is 13.2. The predicted octanol–water partition coefficient (Wildman–Crippen LogP) is 21.1. The second-order valence-electron chi connectivity index (χ2n) is 24.3. The molecule has 12 aromatic carbocycles. The van der Waals surface area contributed by atoms with Crippen LogP contribution in [0.5, 0.6) is 11.5 Å². The van der Waals surface area contributed by atoms with Gasteiger partial charge in [-0.1, -0.05) is 226 Å². The van der Waals surface area contributed by atoms with Gasteiger partial charge >= 0.3 is 0 Å². The Balaban J connectivity index is 0.00000649. The molecule has 0 N–H and O–H groups in total. The van der Waals surface area contributed by atoms with Gasteiger partial charge in [0, 0.05) is 77.7 Å². The number of nitrogens with zero attached hydrogens (tertiary/aromatic N) is 5. The van der Waals surface area contributed by atoms with Crippen LogP contribution in [0.3, 0.4) is 0 Å². The number of hydrogen-bond donors (Lipinski definition) is 0. The Labute approximate surface area is 538 Å². The average molecular weight is 1340 g/mol. The van der Waals surface area contributed by atoms with Gasteiger partial charge < -0.3 is 23.7 Å². The summed E-state index contributed by atoms with van der Waals surface area (Å²) in [7, 11) is 0. The fourth-order valence-electron chi connectivity index (χ4n) is 14.3. The second-order valence-corrected chi connectivity index (χ2v) is 24.3. The van der Waals surface area contributed by atoms with Gasteiger partial charge in [0.05, 0.1) is 27.7 Å². The van der Waals surface area contributed by atoms with Crippen molar-refractivity contribution in [3.05, 3.63) is 338 Å². The first kappa shape index (κ1) is 54.8. The van der Waals surface area contributed by atoms with Crippen molar-refractivity contribution >= 4 is 66.4 Å². The molecule has 0 atom stereocenters. The number of anilines is 4. The molecule has 3 aromatic heterocycles. The third-order valence-corrected chi connectivity index (χ3v) is 18.3. The molecule has 0 saturated carbocycles. The fourth-order valence-corrected chi connectivity index (χ4v) is 14.3. The number of benzene rings is 12. The van der Waals surface area contributed by atoms with E-state index >= 15 is 0 Å². The van der Waals surface area contributed by atoms with Crippen molar-refractivity contribution in [2.24, 2.45) is 0 Å². The van der Waals surface area contributed by atoms with Gasteiger partial charge in [-0.2, -0.15) is 12.1 Å². The Morgan fingerprint density at radius 3 is 1.60 bits per heavy atom. The summed E-state index contributed by atoms with van der Waals surface area (Å²) in [6.07, 6.45) is 1.93. The first-order chi connectivity index (χ1) is 43.8. The zero-order valence-electron chi connectivity index (χ0n) is 49.8. The van der Waals surface area contributed by atoms with Crippen molar-refractivity contribution in [3.63, 3.8) is 0 Å². The molecule has 15 aromatic rings. The number of hydrogen-bond acceptors (Lipinski definition) is 4. The van der Waals surface area contributed by atoms with E-state index in [1.54, 1.807) is 0 Å². The van der Waals surface area contributed by atoms with E-state index in [-0.39, 0.29) is 26.5 Å². The molecule has 4 heterocycles. The standard InChI is InChI=1S/C83H58N5O.Pt/c1-82(2,3)58-47-48-84-79(51-58)88-78-53-62(45-46-67(78)68-37-24-44-77(81(68)88)87-73-40-19-15-35-65(73)66-36-16-20-41-74(66)87)89-61-32-23-31-60(52-61)85-54-86(76-43-22-21-42-75(76)85)80-69(55-25-7-4-8-26-55)49-59(50-70(80)56-27-9-5-10-28-56)83(57-29-11-6-12-30-57)71-38-17-13-33-63(71)64-34-14-18-39-72(64)83;/h4-51,54H,1-3H3;/q-3;. The molecule has 90 heavy (non-hydrogen) atoms. The first-order valence-corrected chi connectivity index (χ1v) is 30.5. The van der Waals surface area contributed by atoms with E-state index in [1.165, 1.54) is 49.7 Å². The second kappa shape index (κ2) is 21.7. The molecule has 0 unspecified atom stereocenters. The van der Waals surface area contributed by atoms with Crippen molar-refractivity contribution in [1.29, 1.82) is 0 Å². The maximum absolute atomic E-state index is 6.98. The minimum absolute atomic E-state index is 0. The Morgan fingerprint density at radius 2 is 0.956 bits per heavy atom. The molecule has 434 valence electrons. The van der Waals surface area contributed by atoms with E-state index in [0.29, 0.717) is 11.5 Å². The van der Waals surface area contributed by atoms with Crippen LogP contribution in [0.4, 0.5) is 22.7 Å². The van der Waals surface area contributed by atoms with Gasteiger partial charge in [-0.3, -0.25) is 0 Å². The topological polar surface area (TPSA) is 38.5 Å². The molecule has 0 amide bonds. The molecular formula is C83H58N5OPt-3. The zero-order valence-corrected chi connectivity index (χ0v) is 52.0. The van der Waals surface area contributed by atoms with Crippen molar-refractivity contribution in [3.8, 4) is 56.4 Å². The monoisotopic (exact) mass is 1340 g/mol. The zero-order chi connectivity index (χ0) is 59.4. The van der Waals surface area contributed by atoms with E-state index < -0.39 is 5.41 Å². The SMILES string of the molecule is CC(C)(C)c1ccnc(-n2c3[c-]c(Oc4[c-]c(N5[CH-]N(c6c(-c7ccccc7)cc(C7(c8ccccc8)c8ccccc8-c8ccccc87)cc6-c6ccccc6)c6ccccc65)ccc4)ccc3c3cccc(-n4c5ccccc5c5ccccc54)c32)c1.[Pt]. The molecule has 6 nitrogen and oxygen atoms in total. The number of rotatable bonds is 10. The van der Waals surface area contributed by atoms with Gasteiger partial charge in [-0.15, -0.1) is 48.1 Å². The molecule has 0 bridgehead atoms. The van der Waals surface area contributed by atoms with Crippen LogP contribution in [0.15, 0.2) is 291 Å². The van der Waals surface area contributed by atoms with Gasteiger partial charge in [0.15, 0.2) is 0 Å². The van der Waals surface area contributed by atoms with Crippen LogP contribution in [-0.4, -0.2) is 14.1 Å².